The van der Waals surface area contributed by atoms with Gasteiger partial charge in [-0.3, -0.25) is 0 Å². The maximum atomic E-state index is 9.30. The lowest BCUT2D eigenvalue weighted by atomic mass is 9.75. The van der Waals surface area contributed by atoms with Crippen LogP contribution in [-0.2, 0) is 0 Å². The molecule has 6 heteroatoms. The van der Waals surface area contributed by atoms with Crippen LogP contribution in [0.2, 0.25) is 0 Å². The molecule has 2 rings (SSSR count). The molecule has 0 radical (unpaired) electrons. The average Bonchev–Trinajstić information content (AvgIpc) is 2.51. The molecule has 1 aliphatic rings. The molecule has 1 aromatic heterocycles. The van der Waals surface area contributed by atoms with Crippen molar-refractivity contribution in [3.05, 3.63) is 10.0 Å². The predicted octanol–water partition coefficient (Wildman–Crippen LogP) is 1.47. The van der Waals surface area contributed by atoms with E-state index in [1.807, 2.05) is 0 Å². The van der Waals surface area contributed by atoms with Crippen LogP contribution in [0.3, 0.4) is 0 Å². The van der Waals surface area contributed by atoms with Crippen molar-refractivity contribution >= 4 is 23.7 Å². The molecule has 1 atom stereocenters. The van der Waals surface area contributed by atoms with Gasteiger partial charge in [-0.15, -0.1) is 22.6 Å². The molecule has 1 saturated carbocycles. The number of aliphatic hydroxyl groups is 1. The van der Waals surface area contributed by atoms with Crippen LogP contribution >= 0.6 is 23.7 Å². The summed E-state index contributed by atoms with van der Waals surface area (Å²) in [6.45, 7) is 2.49. The van der Waals surface area contributed by atoms with Crippen LogP contribution in [-0.4, -0.2) is 21.8 Å². The SMILES string of the molecule is C[C@@H](O)c1nnc(C2CC(CN)C2)s1.Cl. The number of nitrogens with two attached hydrogens (primary N) is 1. The van der Waals surface area contributed by atoms with E-state index in [0.717, 1.165) is 29.4 Å². The Labute approximate surface area is 99.3 Å². The molecule has 1 heterocycles. The number of rotatable bonds is 3. The molecule has 0 unspecified atom stereocenters. The summed E-state index contributed by atoms with van der Waals surface area (Å²) in [6, 6.07) is 0. The molecule has 0 amide bonds. The first-order chi connectivity index (χ1) is 6.70. The molecule has 0 saturated heterocycles. The zero-order valence-corrected chi connectivity index (χ0v) is 10.2. The second-order valence-corrected chi connectivity index (χ2v) is 4.97. The fraction of sp³-hybridized carbons (Fsp3) is 0.778. The normalized spacial score (nSPS) is 26.6. The van der Waals surface area contributed by atoms with Gasteiger partial charge in [0.05, 0.1) is 0 Å². The van der Waals surface area contributed by atoms with Crippen molar-refractivity contribution in [2.75, 3.05) is 6.54 Å². The number of halogens is 1. The molecule has 1 aliphatic carbocycles. The minimum absolute atomic E-state index is 0. The summed E-state index contributed by atoms with van der Waals surface area (Å²) in [5.41, 5.74) is 5.55. The number of aliphatic hydroxyl groups excluding tert-OH is 1. The molecule has 86 valence electrons. The van der Waals surface area contributed by atoms with E-state index < -0.39 is 6.10 Å². The van der Waals surface area contributed by atoms with Crippen LogP contribution in [0.25, 0.3) is 0 Å². The van der Waals surface area contributed by atoms with Crippen molar-refractivity contribution in [2.45, 2.75) is 31.8 Å². The van der Waals surface area contributed by atoms with Crippen molar-refractivity contribution in [3.63, 3.8) is 0 Å². The van der Waals surface area contributed by atoms with E-state index in [4.69, 9.17) is 5.73 Å². The van der Waals surface area contributed by atoms with E-state index in [1.165, 1.54) is 11.3 Å². The number of hydrogen-bond acceptors (Lipinski definition) is 5. The molecule has 15 heavy (non-hydrogen) atoms. The maximum absolute atomic E-state index is 9.30. The van der Waals surface area contributed by atoms with Gasteiger partial charge in [-0.05, 0) is 32.2 Å². The van der Waals surface area contributed by atoms with Gasteiger partial charge in [0.25, 0.3) is 0 Å². The van der Waals surface area contributed by atoms with Gasteiger partial charge in [-0.25, -0.2) is 0 Å². The number of aromatic nitrogens is 2. The van der Waals surface area contributed by atoms with Gasteiger partial charge >= 0.3 is 0 Å². The summed E-state index contributed by atoms with van der Waals surface area (Å²) >= 11 is 1.52. The van der Waals surface area contributed by atoms with Crippen LogP contribution < -0.4 is 5.73 Å². The lowest BCUT2D eigenvalue weighted by Gasteiger charge is -2.32. The highest BCUT2D eigenvalue weighted by Gasteiger charge is 2.31. The quantitative estimate of drug-likeness (QED) is 0.851. The number of nitrogens with zero attached hydrogens (tertiary/aromatic N) is 2. The Balaban J connectivity index is 0.00000112. The van der Waals surface area contributed by atoms with Crippen molar-refractivity contribution in [1.82, 2.24) is 10.2 Å². The van der Waals surface area contributed by atoms with Gasteiger partial charge in [0.2, 0.25) is 0 Å². The third-order valence-corrected chi connectivity index (χ3v) is 3.99. The lowest BCUT2D eigenvalue weighted by Crippen LogP contribution is -2.28. The largest absolute Gasteiger partial charge is 0.386 e. The van der Waals surface area contributed by atoms with Gasteiger partial charge in [0, 0.05) is 5.92 Å². The van der Waals surface area contributed by atoms with Crippen molar-refractivity contribution in [3.8, 4) is 0 Å². The fourth-order valence-electron chi connectivity index (χ4n) is 1.71. The van der Waals surface area contributed by atoms with Gasteiger partial charge in [-0.2, -0.15) is 0 Å². The Kier molecular flexibility index (Phi) is 4.45. The van der Waals surface area contributed by atoms with Crippen LogP contribution in [0.15, 0.2) is 0 Å². The van der Waals surface area contributed by atoms with Crippen molar-refractivity contribution in [1.29, 1.82) is 0 Å². The summed E-state index contributed by atoms with van der Waals surface area (Å²) in [7, 11) is 0. The van der Waals surface area contributed by atoms with Crippen LogP contribution in [0.1, 0.15) is 41.8 Å². The smallest absolute Gasteiger partial charge is 0.145 e. The van der Waals surface area contributed by atoms with E-state index in [-0.39, 0.29) is 12.4 Å². The second kappa shape index (κ2) is 5.21. The highest BCUT2D eigenvalue weighted by Crippen LogP contribution is 2.42. The Morgan fingerprint density at radius 1 is 1.53 bits per heavy atom. The third-order valence-electron chi connectivity index (χ3n) is 2.73. The molecular weight excluding hydrogens is 234 g/mol. The summed E-state index contributed by atoms with van der Waals surface area (Å²) < 4.78 is 0. The Morgan fingerprint density at radius 3 is 2.67 bits per heavy atom. The van der Waals surface area contributed by atoms with Gasteiger partial charge < -0.3 is 10.8 Å². The predicted molar refractivity (Wildman–Crippen MR) is 62.3 cm³/mol. The van der Waals surface area contributed by atoms with E-state index >= 15 is 0 Å². The van der Waals surface area contributed by atoms with Gasteiger partial charge in [0.15, 0.2) is 0 Å². The van der Waals surface area contributed by atoms with Crippen molar-refractivity contribution < 1.29 is 5.11 Å². The highest BCUT2D eigenvalue weighted by atomic mass is 35.5. The van der Waals surface area contributed by atoms with Gasteiger partial charge in [-0.1, -0.05) is 11.3 Å². The first-order valence-corrected chi connectivity index (χ1v) is 5.73. The standard InChI is InChI=1S/C9H15N3OS.ClH/c1-5(13)8-11-12-9(14-8)7-2-6(3-7)4-10;/h5-7,13H,2-4,10H2,1H3;1H/t5-,6?,7?;/m1./s1. The first kappa shape index (κ1) is 12.8. The third kappa shape index (κ3) is 2.66. The summed E-state index contributed by atoms with van der Waals surface area (Å²) in [5, 5.41) is 19.1. The van der Waals surface area contributed by atoms with Crippen LogP contribution in [0.4, 0.5) is 0 Å². The van der Waals surface area contributed by atoms with E-state index in [1.54, 1.807) is 6.92 Å². The zero-order valence-electron chi connectivity index (χ0n) is 8.59. The average molecular weight is 250 g/mol. The summed E-state index contributed by atoms with van der Waals surface area (Å²) in [6.07, 6.45) is 1.77. The Morgan fingerprint density at radius 2 is 2.20 bits per heavy atom. The van der Waals surface area contributed by atoms with Gasteiger partial charge in [0.1, 0.15) is 16.1 Å². The molecule has 4 nitrogen and oxygen atoms in total. The van der Waals surface area contributed by atoms with Crippen molar-refractivity contribution in [2.24, 2.45) is 11.7 Å². The fourth-order valence-corrected chi connectivity index (χ4v) is 2.62. The zero-order chi connectivity index (χ0) is 10.1. The molecular formula is C9H16ClN3OS. The van der Waals surface area contributed by atoms with Crippen LogP contribution in [0.5, 0.6) is 0 Å². The molecule has 0 spiro atoms. The monoisotopic (exact) mass is 249 g/mol. The molecule has 1 fully saturated rings. The first-order valence-electron chi connectivity index (χ1n) is 4.92. The minimum atomic E-state index is -0.494. The second-order valence-electron chi connectivity index (χ2n) is 3.92. The molecule has 1 aromatic rings. The Hall–Kier alpha value is -0.230. The van der Waals surface area contributed by atoms with E-state index in [0.29, 0.717) is 11.8 Å². The highest BCUT2D eigenvalue weighted by molar-refractivity contribution is 7.11. The topological polar surface area (TPSA) is 72.0 Å². The molecule has 3 N–H and O–H groups in total. The Bertz CT molecular complexity index is 312. The summed E-state index contributed by atoms with van der Waals surface area (Å²) in [4.78, 5) is 0. The lowest BCUT2D eigenvalue weighted by molar-refractivity contribution is 0.198. The molecule has 0 aliphatic heterocycles. The molecule has 0 aromatic carbocycles. The van der Waals surface area contributed by atoms with E-state index in [9.17, 15) is 5.11 Å². The number of hydrogen-bond donors (Lipinski definition) is 2. The summed E-state index contributed by atoms with van der Waals surface area (Å²) in [5.74, 6) is 1.20. The van der Waals surface area contributed by atoms with Crippen LogP contribution in [0, 0.1) is 5.92 Å². The van der Waals surface area contributed by atoms with E-state index in [2.05, 4.69) is 10.2 Å². The maximum Gasteiger partial charge on any atom is 0.145 e. The minimum Gasteiger partial charge on any atom is -0.386 e. The molecule has 0 bridgehead atoms.